The average molecular weight is 272 g/mol. The van der Waals surface area contributed by atoms with Gasteiger partial charge in [-0.2, -0.15) is 0 Å². The fourth-order valence-electron chi connectivity index (χ4n) is 1.77. The number of carbonyl (C=O) groups excluding carboxylic acids is 3. The van der Waals surface area contributed by atoms with Gasteiger partial charge in [0.1, 0.15) is 0 Å². The zero-order valence-electron chi connectivity index (χ0n) is 12.6. The summed E-state index contributed by atoms with van der Waals surface area (Å²) >= 11 is 0. The molecule has 6 nitrogen and oxygen atoms in total. The summed E-state index contributed by atoms with van der Waals surface area (Å²) in [6.07, 6.45) is 0.637. The minimum Gasteiger partial charge on any atom is -0.450 e. The van der Waals surface area contributed by atoms with Gasteiger partial charge in [0, 0.05) is 33.5 Å². The lowest BCUT2D eigenvalue weighted by atomic mass is 10.1. The molecule has 0 aliphatic rings. The number of rotatable bonds is 6. The van der Waals surface area contributed by atoms with Crippen LogP contribution in [-0.4, -0.2) is 47.9 Å². The number of ether oxygens (including phenoxy) is 1. The summed E-state index contributed by atoms with van der Waals surface area (Å²) < 4.78 is 4.99. The van der Waals surface area contributed by atoms with E-state index in [0.717, 1.165) is 0 Å². The van der Waals surface area contributed by atoms with E-state index in [2.05, 4.69) is 5.32 Å². The number of esters is 1. The molecule has 0 aromatic rings. The molecule has 0 aromatic heterocycles. The van der Waals surface area contributed by atoms with E-state index in [-0.39, 0.29) is 17.9 Å². The van der Waals surface area contributed by atoms with Crippen molar-refractivity contribution in [1.29, 1.82) is 0 Å². The number of amides is 2. The number of carbonyl (C=O) groups is 3. The minimum atomic E-state index is -1.17. The van der Waals surface area contributed by atoms with E-state index in [0.29, 0.717) is 13.0 Å². The lowest BCUT2D eigenvalue weighted by Gasteiger charge is -2.29. The predicted octanol–water partition coefficient (Wildman–Crippen LogP) is 0.701. The number of hydrogen-bond donors (Lipinski definition) is 1. The topological polar surface area (TPSA) is 75.7 Å². The third-order valence-corrected chi connectivity index (χ3v) is 2.61. The second-order valence-electron chi connectivity index (χ2n) is 5.22. The van der Waals surface area contributed by atoms with Gasteiger partial charge < -0.3 is 15.0 Å². The second kappa shape index (κ2) is 7.11. The molecular weight excluding hydrogens is 248 g/mol. The van der Waals surface area contributed by atoms with Crippen molar-refractivity contribution in [3.8, 4) is 0 Å². The molecule has 0 spiro atoms. The standard InChI is InChI=1S/C13H24N2O4/c1-9(14-10(2)16)7-8-15(6)12(18)13(4,5)19-11(3)17/h9H,7-8H2,1-6H3,(H,14,16). The van der Waals surface area contributed by atoms with Gasteiger partial charge in [0.05, 0.1) is 0 Å². The molecule has 0 radical (unpaired) electrons. The maximum Gasteiger partial charge on any atom is 0.303 e. The summed E-state index contributed by atoms with van der Waals surface area (Å²) in [5.41, 5.74) is -1.17. The SMILES string of the molecule is CC(=O)NC(C)CCN(C)C(=O)C(C)(C)OC(C)=O. The van der Waals surface area contributed by atoms with Crippen molar-refractivity contribution in [3.63, 3.8) is 0 Å². The van der Waals surface area contributed by atoms with Gasteiger partial charge in [-0.25, -0.2) is 0 Å². The van der Waals surface area contributed by atoms with Crippen LogP contribution in [0.1, 0.15) is 41.0 Å². The molecule has 6 heteroatoms. The van der Waals surface area contributed by atoms with E-state index < -0.39 is 11.6 Å². The van der Waals surface area contributed by atoms with Crippen LogP contribution in [0.3, 0.4) is 0 Å². The Bertz CT molecular complexity index is 353. The molecule has 1 atom stereocenters. The van der Waals surface area contributed by atoms with E-state index in [4.69, 9.17) is 4.74 Å². The van der Waals surface area contributed by atoms with Crippen LogP contribution in [0.4, 0.5) is 0 Å². The maximum atomic E-state index is 12.1. The van der Waals surface area contributed by atoms with Crippen molar-refractivity contribution >= 4 is 17.8 Å². The Kier molecular flexibility index (Phi) is 6.52. The predicted molar refractivity (Wildman–Crippen MR) is 71.4 cm³/mol. The monoisotopic (exact) mass is 272 g/mol. The van der Waals surface area contributed by atoms with E-state index in [1.54, 1.807) is 20.9 Å². The third-order valence-electron chi connectivity index (χ3n) is 2.61. The highest BCUT2D eigenvalue weighted by Crippen LogP contribution is 2.13. The summed E-state index contributed by atoms with van der Waals surface area (Å²) in [6, 6.07) is -0.00964. The number of nitrogens with zero attached hydrogens (tertiary/aromatic N) is 1. The van der Waals surface area contributed by atoms with Gasteiger partial charge in [-0.15, -0.1) is 0 Å². The Labute approximate surface area is 114 Å². The van der Waals surface area contributed by atoms with Crippen LogP contribution in [-0.2, 0) is 19.1 Å². The van der Waals surface area contributed by atoms with Gasteiger partial charge in [0.15, 0.2) is 5.60 Å². The van der Waals surface area contributed by atoms with Crippen molar-refractivity contribution in [2.24, 2.45) is 0 Å². The summed E-state index contributed by atoms with van der Waals surface area (Å²) in [5.74, 6) is -0.849. The fourth-order valence-corrected chi connectivity index (χ4v) is 1.77. The first kappa shape index (κ1) is 17.4. The van der Waals surface area contributed by atoms with Gasteiger partial charge >= 0.3 is 5.97 Å². The molecule has 1 N–H and O–H groups in total. The van der Waals surface area contributed by atoms with Gasteiger partial charge in [-0.3, -0.25) is 14.4 Å². The normalized spacial score (nSPS) is 12.5. The smallest absolute Gasteiger partial charge is 0.303 e. The largest absolute Gasteiger partial charge is 0.450 e. The summed E-state index contributed by atoms with van der Waals surface area (Å²) in [7, 11) is 1.65. The first-order valence-electron chi connectivity index (χ1n) is 6.28. The van der Waals surface area contributed by atoms with Crippen molar-refractivity contribution < 1.29 is 19.1 Å². The zero-order valence-corrected chi connectivity index (χ0v) is 12.6. The van der Waals surface area contributed by atoms with Crippen molar-refractivity contribution in [3.05, 3.63) is 0 Å². The molecule has 0 aliphatic heterocycles. The van der Waals surface area contributed by atoms with E-state index in [9.17, 15) is 14.4 Å². The molecule has 0 saturated heterocycles. The quantitative estimate of drug-likeness (QED) is 0.722. The molecular formula is C13H24N2O4. The van der Waals surface area contributed by atoms with Gasteiger partial charge in [-0.1, -0.05) is 0 Å². The van der Waals surface area contributed by atoms with E-state index >= 15 is 0 Å². The Morgan fingerprint density at radius 3 is 2.21 bits per heavy atom. The second-order valence-corrected chi connectivity index (χ2v) is 5.22. The lowest BCUT2D eigenvalue weighted by Crippen LogP contribution is -2.47. The Hall–Kier alpha value is -1.59. The summed E-state index contributed by atoms with van der Waals surface area (Å²) in [6.45, 7) is 8.19. The third kappa shape index (κ3) is 6.79. The van der Waals surface area contributed by atoms with Gasteiger partial charge in [-0.05, 0) is 27.2 Å². The molecule has 2 amide bonds. The zero-order chi connectivity index (χ0) is 15.2. The molecule has 1 unspecified atom stereocenters. The molecule has 0 aliphatic carbocycles. The van der Waals surface area contributed by atoms with Crippen molar-refractivity contribution in [2.75, 3.05) is 13.6 Å². The van der Waals surface area contributed by atoms with Crippen LogP contribution in [0.5, 0.6) is 0 Å². The molecule has 0 bridgehead atoms. The summed E-state index contributed by atoms with van der Waals surface area (Å²) in [5, 5.41) is 2.75. The van der Waals surface area contributed by atoms with Crippen LogP contribution in [0.25, 0.3) is 0 Å². The first-order chi connectivity index (χ1) is 8.56. The molecule has 0 rings (SSSR count). The highest BCUT2D eigenvalue weighted by molar-refractivity contribution is 5.86. The number of hydrogen-bond acceptors (Lipinski definition) is 4. The fraction of sp³-hybridized carbons (Fsp3) is 0.769. The molecule has 0 fully saturated rings. The average Bonchev–Trinajstić information content (AvgIpc) is 2.22. The molecule has 0 saturated carbocycles. The van der Waals surface area contributed by atoms with E-state index in [1.807, 2.05) is 6.92 Å². The van der Waals surface area contributed by atoms with Crippen molar-refractivity contribution in [2.45, 2.75) is 52.7 Å². The Morgan fingerprint density at radius 1 is 1.26 bits per heavy atom. The van der Waals surface area contributed by atoms with Gasteiger partial charge in [0.2, 0.25) is 5.91 Å². The number of nitrogens with one attached hydrogen (secondary N) is 1. The van der Waals surface area contributed by atoms with Crippen LogP contribution in [0.15, 0.2) is 0 Å². The Balaban J connectivity index is 4.34. The molecule has 110 valence electrons. The van der Waals surface area contributed by atoms with Crippen molar-refractivity contribution in [1.82, 2.24) is 10.2 Å². The maximum absolute atomic E-state index is 12.1. The van der Waals surface area contributed by atoms with E-state index in [1.165, 1.54) is 18.7 Å². The highest BCUT2D eigenvalue weighted by Gasteiger charge is 2.33. The highest BCUT2D eigenvalue weighted by atomic mass is 16.6. The summed E-state index contributed by atoms with van der Waals surface area (Å²) in [4.78, 5) is 35.4. The van der Waals surface area contributed by atoms with Crippen LogP contribution in [0.2, 0.25) is 0 Å². The van der Waals surface area contributed by atoms with Crippen LogP contribution < -0.4 is 5.32 Å². The number of likely N-dealkylation sites (N-methyl/N-ethyl adjacent to an activating group) is 1. The Morgan fingerprint density at radius 2 is 1.79 bits per heavy atom. The van der Waals surface area contributed by atoms with Crippen LogP contribution >= 0.6 is 0 Å². The van der Waals surface area contributed by atoms with Crippen LogP contribution in [0, 0.1) is 0 Å². The lowest BCUT2D eigenvalue weighted by molar-refractivity contribution is -0.167. The first-order valence-corrected chi connectivity index (χ1v) is 6.28. The van der Waals surface area contributed by atoms with Gasteiger partial charge in [0.25, 0.3) is 5.91 Å². The molecule has 0 aromatic carbocycles. The molecule has 0 heterocycles. The minimum absolute atomic E-state index is 0.00964. The molecule has 19 heavy (non-hydrogen) atoms.